The molecule has 1 N–H and O–H groups in total. The van der Waals surface area contributed by atoms with Gasteiger partial charge in [0.05, 0.1) is 12.2 Å². The smallest absolute Gasteiger partial charge is 0.146 e. The van der Waals surface area contributed by atoms with Gasteiger partial charge in [-0.15, -0.1) is 0 Å². The highest BCUT2D eigenvalue weighted by molar-refractivity contribution is 5.04. The molecule has 3 heteroatoms. The van der Waals surface area contributed by atoms with E-state index in [0.717, 1.165) is 6.42 Å². The van der Waals surface area contributed by atoms with Crippen molar-refractivity contribution in [3.8, 4) is 0 Å². The summed E-state index contributed by atoms with van der Waals surface area (Å²) in [6.45, 7) is 8.54. The lowest BCUT2D eigenvalue weighted by atomic mass is 9.99. The number of unbranched alkanes of at least 4 members (excludes halogenated alkanes) is 1. The molecule has 0 spiro atoms. The Hall–Kier alpha value is -0.380. The minimum absolute atomic E-state index is 0.202. The average Bonchev–Trinajstić information content (AvgIpc) is 2.26. The molecule has 0 bridgehead atoms. The molecule has 0 aromatic heterocycles. The Morgan fingerprint density at radius 3 is 2.47 bits per heavy atom. The Kier molecular flexibility index (Phi) is 9.41. The van der Waals surface area contributed by atoms with E-state index >= 15 is 0 Å². The summed E-state index contributed by atoms with van der Waals surface area (Å²) in [6.07, 6.45) is 4.54. The van der Waals surface area contributed by atoms with E-state index in [2.05, 4.69) is 13.8 Å². The standard InChI is InChI=1S/C14H28O3/c1-6-7-8-12(4)9-13(15)14(11(2)3)17-10-16-5/h9,11,13-15H,6-8,10H2,1-5H3/b12-9-/t13-,14-/m0/s1. The van der Waals surface area contributed by atoms with Crippen LogP contribution in [0.3, 0.4) is 0 Å². The summed E-state index contributed by atoms with van der Waals surface area (Å²) < 4.78 is 10.4. The predicted octanol–water partition coefficient (Wildman–Crippen LogP) is 3.13. The molecule has 0 fully saturated rings. The monoisotopic (exact) mass is 244 g/mol. The molecule has 0 saturated carbocycles. The fourth-order valence-corrected chi connectivity index (χ4v) is 1.76. The van der Waals surface area contributed by atoms with Crippen molar-refractivity contribution in [3.63, 3.8) is 0 Å². The topological polar surface area (TPSA) is 38.7 Å². The summed E-state index contributed by atoms with van der Waals surface area (Å²) in [5.74, 6) is 0.260. The number of rotatable bonds is 9. The van der Waals surface area contributed by atoms with Crippen LogP contribution < -0.4 is 0 Å². The van der Waals surface area contributed by atoms with E-state index in [1.54, 1.807) is 7.11 Å². The highest BCUT2D eigenvalue weighted by Crippen LogP contribution is 2.15. The van der Waals surface area contributed by atoms with Crippen LogP contribution in [-0.4, -0.2) is 31.2 Å². The molecule has 0 heterocycles. The Bertz CT molecular complexity index is 212. The molecule has 102 valence electrons. The van der Waals surface area contributed by atoms with E-state index < -0.39 is 6.10 Å². The quantitative estimate of drug-likeness (QED) is 0.500. The fraction of sp³-hybridized carbons (Fsp3) is 0.857. The largest absolute Gasteiger partial charge is 0.386 e. The molecule has 0 aliphatic carbocycles. The zero-order valence-electron chi connectivity index (χ0n) is 11.9. The molecule has 0 rings (SSSR count). The summed E-state index contributed by atoms with van der Waals surface area (Å²) in [5, 5.41) is 10.1. The molecule has 3 nitrogen and oxygen atoms in total. The summed E-state index contributed by atoms with van der Waals surface area (Å²) in [6, 6.07) is 0. The summed E-state index contributed by atoms with van der Waals surface area (Å²) in [7, 11) is 1.59. The van der Waals surface area contributed by atoms with Gasteiger partial charge < -0.3 is 14.6 Å². The second kappa shape index (κ2) is 9.63. The summed E-state index contributed by atoms with van der Waals surface area (Å²) >= 11 is 0. The van der Waals surface area contributed by atoms with E-state index in [1.807, 2.05) is 19.9 Å². The molecular weight excluding hydrogens is 216 g/mol. The van der Waals surface area contributed by atoms with E-state index in [9.17, 15) is 5.11 Å². The molecule has 0 aromatic rings. The molecule has 0 aliphatic rings. The number of aliphatic hydroxyl groups is 1. The van der Waals surface area contributed by atoms with Gasteiger partial charge in [0.25, 0.3) is 0 Å². The number of aliphatic hydroxyl groups excluding tert-OH is 1. The molecule has 0 unspecified atom stereocenters. The van der Waals surface area contributed by atoms with Crippen molar-refractivity contribution in [2.75, 3.05) is 13.9 Å². The Balaban J connectivity index is 4.33. The highest BCUT2D eigenvalue weighted by atomic mass is 16.7. The highest BCUT2D eigenvalue weighted by Gasteiger charge is 2.21. The molecule has 2 atom stereocenters. The second-order valence-corrected chi connectivity index (χ2v) is 4.89. The van der Waals surface area contributed by atoms with Crippen molar-refractivity contribution in [1.82, 2.24) is 0 Å². The SMILES string of the molecule is CCCC/C(C)=C\[C@H](O)[C@@H](OCOC)C(C)C. The molecule has 0 radical (unpaired) electrons. The zero-order chi connectivity index (χ0) is 13.3. The van der Waals surface area contributed by atoms with Gasteiger partial charge >= 0.3 is 0 Å². The maximum atomic E-state index is 10.1. The lowest BCUT2D eigenvalue weighted by Gasteiger charge is -2.24. The molecular formula is C14H28O3. The van der Waals surface area contributed by atoms with Crippen molar-refractivity contribution in [3.05, 3.63) is 11.6 Å². The minimum Gasteiger partial charge on any atom is -0.386 e. The van der Waals surface area contributed by atoms with Crippen molar-refractivity contribution in [2.24, 2.45) is 5.92 Å². The van der Waals surface area contributed by atoms with Crippen LogP contribution in [0.1, 0.15) is 47.0 Å². The van der Waals surface area contributed by atoms with E-state index in [0.29, 0.717) is 0 Å². The molecule has 17 heavy (non-hydrogen) atoms. The molecule has 0 amide bonds. The maximum absolute atomic E-state index is 10.1. The Morgan fingerprint density at radius 2 is 2.00 bits per heavy atom. The van der Waals surface area contributed by atoms with Gasteiger partial charge in [-0.1, -0.05) is 38.8 Å². The number of ether oxygens (including phenoxy) is 2. The van der Waals surface area contributed by atoms with Gasteiger partial charge in [-0.2, -0.15) is 0 Å². The first kappa shape index (κ1) is 16.6. The van der Waals surface area contributed by atoms with Crippen LogP contribution >= 0.6 is 0 Å². The van der Waals surface area contributed by atoms with Crippen LogP contribution in [0.5, 0.6) is 0 Å². The zero-order valence-corrected chi connectivity index (χ0v) is 11.9. The average molecular weight is 244 g/mol. The summed E-state index contributed by atoms with van der Waals surface area (Å²) in [4.78, 5) is 0. The normalized spacial score (nSPS) is 16.3. The number of allylic oxidation sites excluding steroid dienone is 1. The van der Waals surface area contributed by atoms with Gasteiger partial charge in [0.1, 0.15) is 6.79 Å². The van der Waals surface area contributed by atoms with Crippen LogP contribution in [0, 0.1) is 5.92 Å². The number of hydrogen-bond donors (Lipinski definition) is 1. The lowest BCUT2D eigenvalue weighted by molar-refractivity contribution is -0.118. The number of methoxy groups -OCH3 is 1. The summed E-state index contributed by atoms with van der Waals surface area (Å²) in [5.41, 5.74) is 1.23. The molecule has 0 aliphatic heterocycles. The fourth-order valence-electron chi connectivity index (χ4n) is 1.76. The minimum atomic E-state index is -0.554. The first-order valence-electron chi connectivity index (χ1n) is 6.48. The van der Waals surface area contributed by atoms with E-state index in [1.165, 1.54) is 18.4 Å². The van der Waals surface area contributed by atoms with Crippen molar-refractivity contribution >= 4 is 0 Å². The van der Waals surface area contributed by atoms with Gasteiger partial charge in [0.2, 0.25) is 0 Å². The lowest BCUT2D eigenvalue weighted by Crippen LogP contribution is -2.33. The maximum Gasteiger partial charge on any atom is 0.146 e. The first-order chi connectivity index (χ1) is 8.02. The third-order valence-electron chi connectivity index (χ3n) is 2.75. The van der Waals surface area contributed by atoms with Crippen LogP contribution in [-0.2, 0) is 9.47 Å². The Labute approximate surface area is 106 Å². The second-order valence-electron chi connectivity index (χ2n) is 4.89. The Morgan fingerprint density at radius 1 is 1.35 bits per heavy atom. The molecule has 0 aromatic carbocycles. The van der Waals surface area contributed by atoms with Crippen molar-refractivity contribution in [2.45, 2.75) is 59.2 Å². The predicted molar refractivity (Wildman–Crippen MR) is 70.9 cm³/mol. The third kappa shape index (κ3) is 7.53. The van der Waals surface area contributed by atoms with Crippen LogP contribution in [0.2, 0.25) is 0 Å². The van der Waals surface area contributed by atoms with E-state index in [-0.39, 0.29) is 18.8 Å². The van der Waals surface area contributed by atoms with Gasteiger partial charge in [0.15, 0.2) is 0 Å². The van der Waals surface area contributed by atoms with Crippen LogP contribution in [0.4, 0.5) is 0 Å². The third-order valence-corrected chi connectivity index (χ3v) is 2.75. The van der Waals surface area contributed by atoms with Gasteiger partial charge in [-0.25, -0.2) is 0 Å². The molecule has 0 saturated heterocycles. The van der Waals surface area contributed by atoms with E-state index in [4.69, 9.17) is 9.47 Å². The first-order valence-corrected chi connectivity index (χ1v) is 6.48. The van der Waals surface area contributed by atoms with Crippen molar-refractivity contribution in [1.29, 1.82) is 0 Å². The van der Waals surface area contributed by atoms with Gasteiger partial charge in [-0.3, -0.25) is 0 Å². The van der Waals surface area contributed by atoms with Crippen LogP contribution in [0.25, 0.3) is 0 Å². The van der Waals surface area contributed by atoms with Crippen LogP contribution in [0.15, 0.2) is 11.6 Å². The van der Waals surface area contributed by atoms with Crippen molar-refractivity contribution < 1.29 is 14.6 Å². The number of hydrogen-bond acceptors (Lipinski definition) is 3. The van der Waals surface area contributed by atoms with Gasteiger partial charge in [0, 0.05) is 7.11 Å². The van der Waals surface area contributed by atoms with Gasteiger partial charge in [-0.05, 0) is 25.7 Å².